The van der Waals surface area contributed by atoms with Crippen molar-refractivity contribution in [2.24, 2.45) is 5.92 Å². The zero-order valence-electron chi connectivity index (χ0n) is 13.1. The van der Waals surface area contributed by atoms with Crippen LogP contribution in [0.2, 0.25) is 0 Å². The van der Waals surface area contributed by atoms with Crippen molar-refractivity contribution >= 4 is 11.5 Å². The van der Waals surface area contributed by atoms with Crippen LogP contribution >= 0.6 is 0 Å². The molecule has 19 heavy (non-hydrogen) atoms. The van der Waals surface area contributed by atoms with Gasteiger partial charge in [-0.15, -0.1) is 0 Å². The molecule has 0 amide bonds. The summed E-state index contributed by atoms with van der Waals surface area (Å²) < 4.78 is 0. The van der Waals surface area contributed by atoms with Gasteiger partial charge in [0.1, 0.15) is 5.82 Å². The fourth-order valence-corrected chi connectivity index (χ4v) is 2.15. The molecule has 0 spiro atoms. The van der Waals surface area contributed by atoms with E-state index >= 15 is 0 Å². The molecule has 0 saturated heterocycles. The zero-order valence-corrected chi connectivity index (χ0v) is 13.1. The standard InChI is InChI=1S/C16H29N3/c1-6-19(7-2)16-11-10-15(12-17-16)18-14(5)9-8-13(3)4/h10-14,18H,6-9H2,1-5H3. The Bertz CT molecular complexity index is 342. The first kappa shape index (κ1) is 15.8. The second-order valence-corrected chi connectivity index (χ2v) is 5.59. The molecular formula is C16H29N3. The van der Waals surface area contributed by atoms with Crippen LogP contribution < -0.4 is 10.2 Å². The Hall–Kier alpha value is -1.25. The van der Waals surface area contributed by atoms with E-state index in [1.165, 1.54) is 12.8 Å². The minimum absolute atomic E-state index is 0.503. The van der Waals surface area contributed by atoms with Crippen molar-refractivity contribution in [2.75, 3.05) is 23.3 Å². The molecule has 0 aromatic carbocycles. The minimum atomic E-state index is 0.503. The van der Waals surface area contributed by atoms with Crippen LogP contribution in [-0.2, 0) is 0 Å². The number of aromatic nitrogens is 1. The number of nitrogens with one attached hydrogen (secondary N) is 1. The summed E-state index contributed by atoms with van der Waals surface area (Å²) in [5.74, 6) is 1.83. The maximum atomic E-state index is 4.53. The normalized spacial score (nSPS) is 12.5. The van der Waals surface area contributed by atoms with E-state index in [0.717, 1.165) is 30.5 Å². The van der Waals surface area contributed by atoms with Gasteiger partial charge in [0.25, 0.3) is 0 Å². The third-order valence-corrected chi connectivity index (χ3v) is 3.43. The first-order valence-corrected chi connectivity index (χ1v) is 7.54. The second-order valence-electron chi connectivity index (χ2n) is 5.59. The third-order valence-electron chi connectivity index (χ3n) is 3.43. The number of anilines is 2. The van der Waals surface area contributed by atoms with Crippen LogP contribution in [0.25, 0.3) is 0 Å². The predicted molar refractivity (Wildman–Crippen MR) is 85.0 cm³/mol. The molecule has 1 aromatic rings. The highest BCUT2D eigenvalue weighted by atomic mass is 15.2. The third kappa shape index (κ3) is 5.50. The second kappa shape index (κ2) is 8.03. The van der Waals surface area contributed by atoms with E-state index in [9.17, 15) is 0 Å². The zero-order chi connectivity index (χ0) is 14.3. The molecule has 1 heterocycles. The molecule has 1 aromatic heterocycles. The lowest BCUT2D eigenvalue weighted by molar-refractivity contribution is 0.527. The molecule has 0 fully saturated rings. The van der Waals surface area contributed by atoms with Gasteiger partial charge in [0.15, 0.2) is 0 Å². The van der Waals surface area contributed by atoms with Crippen molar-refractivity contribution in [3.05, 3.63) is 18.3 Å². The number of nitrogens with zero attached hydrogens (tertiary/aromatic N) is 2. The Kier molecular flexibility index (Phi) is 6.68. The molecule has 1 unspecified atom stereocenters. The molecule has 0 aliphatic rings. The average molecular weight is 263 g/mol. The number of hydrogen-bond donors (Lipinski definition) is 1. The van der Waals surface area contributed by atoms with Gasteiger partial charge in [0, 0.05) is 19.1 Å². The molecule has 1 rings (SSSR count). The van der Waals surface area contributed by atoms with Crippen molar-refractivity contribution in [1.82, 2.24) is 4.98 Å². The summed E-state index contributed by atoms with van der Waals surface area (Å²) in [5, 5.41) is 3.52. The highest BCUT2D eigenvalue weighted by Crippen LogP contribution is 2.16. The van der Waals surface area contributed by atoms with E-state index in [4.69, 9.17) is 0 Å². The maximum absolute atomic E-state index is 4.53. The van der Waals surface area contributed by atoms with Crippen LogP contribution in [0.1, 0.15) is 47.5 Å². The Morgan fingerprint density at radius 2 is 1.79 bits per heavy atom. The summed E-state index contributed by atoms with van der Waals surface area (Å²) in [7, 11) is 0. The molecule has 0 radical (unpaired) electrons. The van der Waals surface area contributed by atoms with E-state index < -0.39 is 0 Å². The smallest absolute Gasteiger partial charge is 0.128 e. The minimum Gasteiger partial charge on any atom is -0.381 e. The van der Waals surface area contributed by atoms with Crippen LogP contribution in [0.3, 0.4) is 0 Å². The van der Waals surface area contributed by atoms with Crippen molar-refractivity contribution in [3.8, 4) is 0 Å². The van der Waals surface area contributed by atoms with Crippen LogP contribution in [0.15, 0.2) is 18.3 Å². The lowest BCUT2D eigenvalue weighted by Crippen LogP contribution is -2.23. The Balaban J connectivity index is 2.52. The van der Waals surface area contributed by atoms with Crippen molar-refractivity contribution in [2.45, 2.75) is 53.5 Å². The quantitative estimate of drug-likeness (QED) is 0.763. The molecule has 3 heteroatoms. The van der Waals surface area contributed by atoms with E-state index in [1.807, 2.05) is 6.20 Å². The summed E-state index contributed by atoms with van der Waals surface area (Å²) >= 11 is 0. The summed E-state index contributed by atoms with van der Waals surface area (Å²) in [6, 6.07) is 4.74. The molecule has 1 atom stereocenters. The fraction of sp³-hybridized carbons (Fsp3) is 0.688. The van der Waals surface area contributed by atoms with Crippen LogP contribution in [-0.4, -0.2) is 24.1 Å². The maximum Gasteiger partial charge on any atom is 0.128 e. The first-order valence-electron chi connectivity index (χ1n) is 7.54. The highest BCUT2D eigenvalue weighted by molar-refractivity contribution is 5.48. The number of pyridine rings is 1. The molecule has 108 valence electrons. The summed E-state index contributed by atoms with van der Waals surface area (Å²) in [4.78, 5) is 6.79. The van der Waals surface area contributed by atoms with Gasteiger partial charge >= 0.3 is 0 Å². The number of hydrogen-bond acceptors (Lipinski definition) is 3. The van der Waals surface area contributed by atoms with Crippen molar-refractivity contribution in [3.63, 3.8) is 0 Å². The molecule has 3 nitrogen and oxygen atoms in total. The van der Waals surface area contributed by atoms with E-state index in [0.29, 0.717) is 6.04 Å². The number of rotatable bonds is 8. The van der Waals surface area contributed by atoms with Crippen molar-refractivity contribution < 1.29 is 0 Å². The highest BCUT2D eigenvalue weighted by Gasteiger charge is 2.06. The first-order chi connectivity index (χ1) is 9.06. The van der Waals surface area contributed by atoms with E-state index in [-0.39, 0.29) is 0 Å². The monoisotopic (exact) mass is 263 g/mol. The van der Waals surface area contributed by atoms with Gasteiger partial charge in [-0.2, -0.15) is 0 Å². The molecule has 0 aliphatic heterocycles. The Labute approximate surface area is 118 Å². The summed E-state index contributed by atoms with van der Waals surface area (Å²) in [6.45, 7) is 13.1. The van der Waals surface area contributed by atoms with Gasteiger partial charge in [-0.1, -0.05) is 13.8 Å². The van der Waals surface area contributed by atoms with Gasteiger partial charge < -0.3 is 10.2 Å². The summed E-state index contributed by atoms with van der Waals surface area (Å²) in [6.07, 6.45) is 4.41. The lowest BCUT2D eigenvalue weighted by atomic mass is 10.0. The molecule has 0 saturated carbocycles. The van der Waals surface area contributed by atoms with Crippen LogP contribution in [0, 0.1) is 5.92 Å². The van der Waals surface area contributed by atoms with Crippen molar-refractivity contribution in [1.29, 1.82) is 0 Å². The van der Waals surface area contributed by atoms with Gasteiger partial charge in [0.05, 0.1) is 11.9 Å². The van der Waals surface area contributed by atoms with E-state index in [2.05, 4.69) is 62.0 Å². The van der Waals surface area contributed by atoms with Gasteiger partial charge in [-0.05, 0) is 51.7 Å². The molecule has 0 bridgehead atoms. The molecular weight excluding hydrogens is 234 g/mol. The van der Waals surface area contributed by atoms with Gasteiger partial charge in [-0.25, -0.2) is 4.98 Å². The van der Waals surface area contributed by atoms with Gasteiger partial charge in [-0.3, -0.25) is 0 Å². The largest absolute Gasteiger partial charge is 0.381 e. The lowest BCUT2D eigenvalue weighted by Gasteiger charge is -2.21. The SMILES string of the molecule is CCN(CC)c1ccc(NC(C)CCC(C)C)cn1. The van der Waals surface area contributed by atoms with Crippen LogP contribution in [0.5, 0.6) is 0 Å². The summed E-state index contributed by atoms with van der Waals surface area (Å²) in [5.41, 5.74) is 1.12. The van der Waals surface area contributed by atoms with Gasteiger partial charge in [0.2, 0.25) is 0 Å². The Morgan fingerprint density at radius 1 is 1.11 bits per heavy atom. The molecule has 0 aliphatic carbocycles. The fourth-order valence-electron chi connectivity index (χ4n) is 2.15. The predicted octanol–water partition coefficient (Wildman–Crippen LogP) is 4.16. The topological polar surface area (TPSA) is 28.2 Å². The Morgan fingerprint density at radius 3 is 2.26 bits per heavy atom. The van der Waals surface area contributed by atoms with E-state index in [1.54, 1.807) is 0 Å². The average Bonchev–Trinajstić information content (AvgIpc) is 2.40. The molecule has 1 N–H and O–H groups in total. The van der Waals surface area contributed by atoms with Crippen LogP contribution in [0.4, 0.5) is 11.5 Å².